The number of para-hydroxylation sites is 1. The van der Waals surface area contributed by atoms with E-state index in [2.05, 4.69) is 28.4 Å². The number of hydrogen-bond acceptors (Lipinski definition) is 5. The van der Waals surface area contributed by atoms with E-state index in [1.54, 1.807) is 7.11 Å². The Kier molecular flexibility index (Phi) is 5.61. The van der Waals surface area contributed by atoms with Crippen LogP contribution in [0, 0.1) is 0 Å². The van der Waals surface area contributed by atoms with E-state index < -0.39 is 0 Å². The lowest BCUT2D eigenvalue weighted by atomic mass is 10.1. The molecule has 1 fully saturated rings. The number of carbonyl (C=O) groups is 1. The maximum Gasteiger partial charge on any atom is 0.272 e. The molecular formula is C24H28N4O3. The van der Waals surface area contributed by atoms with Crippen LogP contribution in [0.5, 0.6) is 5.75 Å². The summed E-state index contributed by atoms with van der Waals surface area (Å²) in [4.78, 5) is 15.7. The number of nitrogens with zero attached hydrogens (tertiary/aromatic N) is 3. The van der Waals surface area contributed by atoms with Crippen molar-refractivity contribution in [1.29, 1.82) is 0 Å². The monoisotopic (exact) mass is 420 g/mol. The number of amides is 1. The Hall–Kier alpha value is -2.90. The van der Waals surface area contributed by atoms with Gasteiger partial charge < -0.3 is 14.8 Å². The topological polar surface area (TPSA) is 68.6 Å². The summed E-state index contributed by atoms with van der Waals surface area (Å²) in [7, 11) is 1.66. The van der Waals surface area contributed by atoms with Gasteiger partial charge >= 0.3 is 0 Å². The lowest BCUT2D eigenvalue weighted by molar-refractivity contribution is 0.0361. The summed E-state index contributed by atoms with van der Waals surface area (Å²) in [6.45, 7) is 4.92. The Morgan fingerprint density at radius 2 is 2.00 bits per heavy atom. The molecule has 31 heavy (non-hydrogen) atoms. The van der Waals surface area contributed by atoms with Gasteiger partial charge in [-0.25, -0.2) is 0 Å². The molecule has 1 aromatic heterocycles. The molecule has 3 aromatic rings. The van der Waals surface area contributed by atoms with Crippen molar-refractivity contribution in [2.75, 3.05) is 40.0 Å². The van der Waals surface area contributed by atoms with Crippen molar-refractivity contribution < 1.29 is 14.3 Å². The quantitative estimate of drug-likeness (QED) is 0.664. The van der Waals surface area contributed by atoms with Crippen molar-refractivity contribution in [2.45, 2.75) is 25.4 Å². The maximum atomic E-state index is 13.3. The van der Waals surface area contributed by atoms with Gasteiger partial charge in [0.05, 0.1) is 32.9 Å². The molecule has 5 rings (SSSR count). The van der Waals surface area contributed by atoms with E-state index in [0.29, 0.717) is 12.2 Å². The van der Waals surface area contributed by atoms with Crippen LogP contribution >= 0.6 is 0 Å². The van der Waals surface area contributed by atoms with Crippen molar-refractivity contribution in [2.24, 2.45) is 0 Å². The second-order valence-electron chi connectivity index (χ2n) is 8.15. The van der Waals surface area contributed by atoms with Crippen LogP contribution in [0.4, 0.5) is 0 Å². The molecule has 1 N–H and O–H groups in total. The van der Waals surface area contributed by atoms with Crippen molar-refractivity contribution in [3.63, 3.8) is 0 Å². The first kappa shape index (κ1) is 20.0. The van der Waals surface area contributed by atoms with E-state index in [1.807, 2.05) is 28.9 Å². The average Bonchev–Trinajstić information content (AvgIpc) is 3.40. The first-order valence-electron chi connectivity index (χ1n) is 11.0. The first-order valence-corrected chi connectivity index (χ1v) is 11.0. The minimum Gasteiger partial charge on any atom is -0.494 e. The number of benzene rings is 2. The fraction of sp³-hybridized carbons (Fsp3) is 0.417. The Balaban J connectivity index is 1.42. The molecule has 0 unspecified atom stereocenters. The van der Waals surface area contributed by atoms with Crippen LogP contribution in [0.15, 0.2) is 42.5 Å². The molecule has 0 spiro atoms. The normalized spacial score (nSPS) is 18.8. The van der Waals surface area contributed by atoms with Crippen molar-refractivity contribution in [3.05, 3.63) is 59.3 Å². The SMILES string of the molecule is COc1cccc2c(C(=O)N[C@H]3CCc4ccccc43)nn(CCN3CCOCC3)c12. The summed E-state index contributed by atoms with van der Waals surface area (Å²) in [5.41, 5.74) is 3.86. The van der Waals surface area contributed by atoms with E-state index in [9.17, 15) is 4.79 Å². The molecule has 1 saturated heterocycles. The molecule has 2 aliphatic rings. The number of hydrogen-bond donors (Lipinski definition) is 1. The van der Waals surface area contributed by atoms with E-state index in [1.165, 1.54) is 11.1 Å². The number of methoxy groups -OCH3 is 1. The van der Waals surface area contributed by atoms with Crippen molar-refractivity contribution in [1.82, 2.24) is 20.0 Å². The summed E-state index contributed by atoms with van der Waals surface area (Å²) < 4.78 is 13.0. The molecule has 0 bridgehead atoms. The lowest BCUT2D eigenvalue weighted by Gasteiger charge is -2.26. The highest BCUT2D eigenvalue weighted by Gasteiger charge is 2.27. The summed E-state index contributed by atoms with van der Waals surface area (Å²) in [5, 5.41) is 8.79. The third kappa shape index (κ3) is 3.91. The number of fused-ring (bicyclic) bond motifs is 2. The number of carbonyl (C=O) groups excluding carboxylic acids is 1. The Morgan fingerprint density at radius 1 is 1.16 bits per heavy atom. The van der Waals surface area contributed by atoms with E-state index in [-0.39, 0.29) is 11.9 Å². The predicted molar refractivity (Wildman–Crippen MR) is 119 cm³/mol. The number of aryl methyl sites for hydroxylation is 1. The molecule has 1 atom stereocenters. The second-order valence-corrected chi connectivity index (χ2v) is 8.15. The molecule has 0 radical (unpaired) electrons. The van der Waals surface area contributed by atoms with Gasteiger partial charge in [-0.05, 0) is 30.0 Å². The van der Waals surface area contributed by atoms with E-state index in [0.717, 1.165) is 62.3 Å². The fourth-order valence-corrected chi connectivity index (χ4v) is 4.69. The molecule has 2 heterocycles. The highest BCUT2D eigenvalue weighted by atomic mass is 16.5. The van der Waals surface area contributed by atoms with Gasteiger partial charge in [-0.1, -0.05) is 36.4 Å². The van der Waals surface area contributed by atoms with Gasteiger partial charge in [0.2, 0.25) is 0 Å². The molecule has 7 heteroatoms. The van der Waals surface area contributed by atoms with Gasteiger partial charge in [-0.2, -0.15) is 5.10 Å². The molecule has 1 aliphatic heterocycles. The first-order chi connectivity index (χ1) is 15.2. The summed E-state index contributed by atoms with van der Waals surface area (Å²) in [5.74, 6) is 0.599. The molecule has 2 aromatic carbocycles. The smallest absolute Gasteiger partial charge is 0.272 e. The Morgan fingerprint density at radius 3 is 2.84 bits per heavy atom. The summed E-state index contributed by atoms with van der Waals surface area (Å²) in [6, 6.07) is 14.2. The highest BCUT2D eigenvalue weighted by Crippen LogP contribution is 2.32. The van der Waals surface area contributed by atoms with Crippen LogP contribution in [0.3, 0.4) is 0 Å². The van der Waals surface area contributed by atoms with Gasteiger partial charge in [0.25, 0.3) is 5.91 Å². The largest absolute Gasteiger partial charge is 0.494 e. The van der Waals surface area contributed by atoms with Crippen LogP contribution in [0.2, 0.25) is 0 Å². The van der Waals surface area contributed by atoms with E-state index in [4.69, 9.17) is 14.6 Å². The van der Waals surface area contributed by atoms with Crippen LogP contribution in [0.25, 0.3) is 10.9 Å². The fourth-order valence-electron chi connectivity index (χ4n) is 4.69. The second kappa shape index (κ2) is 8.69. The molecule has 1 aliphatic carbocycles. The van der Waals surface area contributed by atoms with Gasteiger partial charge in [0.15, 0.2) is 5.69 Å². The lowest BCUT2D eigenvalue weighted by Crippen LogP contribution is -2.38. The molecule has 162 valence electrons. The zero-order valence-corrected chi connectivity index (χ0v) is 17.8. The average molecular weight is 421 g/mol. The van der Waals surface area contributed by atoms with Gasteiger partial charge in [0, 0.05) is 25.0 Å². The molecule has 1 amide bonds. The zero-order valence-electron chi connectivity index (χ0n) is 17.8. The number of morpholine rings is 1. The van der Waals surface area contributed by atoms with Crippen LogP contribution < -0.4 is 10.1 Å². The number of aromatic nitrogens is 2. The van der Waals surface area contributed by atoms with Crippen molar-refractivity contribution >= 4 is 16.8 Å². The van der Waals surface area contributed by atoms with Crippen molar-refractivity contribution in [3.8, 4) is 5.75 Å². The number of nitrogens with one attached hydrogen (secondary N) is 1. The zero-order chi connectivity index (χ0) is 21.2. The van der Waals surface area contributed by atoms with Gasteiger partial charge in [-0.15, -0.1) is 0 Å². The third-order valence-electron chi connectivity index (χ3n) is 6.34. The maximum absolute atomic E-state index is 13.3. The van der Waals surface area contributed by atoms with Gasteiger partial charge in [0.1, 0.15) is 11.3 Å². The summed E-state index contributed by atoms with van der Waals surface area (Å²) in [6.07, 6.45) is 1.91. The molecule has 7 nitrogen and oxygen atoms in total. The highest BCUT2D eigenvalue weighted by molar-refractivity contribution is 6.06. The standard InChI is InChI=1S/C24H28N4O3/c1-30-21-8-4-7-19-22(24(29)25-20-10-9-17-5-2-3-6-18(17)20)26-28(23(19)21)12-11-27-13-15-31-16-14-27/h2-8,20H,9-16H2,1H3,(H,25,29)/t20-/m0/s1. The van der Waals surface area contributed by atoms with E-state index >= 15 is 0 Å². The summed E-state index contributed by atoms with van der Waals surface area (Å²) >= 11 is 0. The minimum atomic E-state index is -0.134. The molecule has 0 saturated carbocycles. The van der Waals surface area contributed by atoms with Crippen LogP contribution in [-0.4, -0.2) is 60.5 Å². The number of ether oxygens (including phenoxy) is 2. The van der Waals surface area contributed by atoms with Crippen LogP contribution in [-0.2, 0) is 17.7 Å². The Bertz CT molecular complexity index is 1090. The predicted octanol–water partition coefficient (Wildman–Crippen LogP) is 2.79. The number of rotatable bonds is 6. The Labute approximate surface area is 181 Å². The third-order valence-corrected chi connectivity index (χ3v) is 6.34. The van der Waals surface area contributed by atoms with Crippen LogP contribution in [0.1, 0.15) is 34.1 Å². The molecular weight excluding hydrogens is 392 g/mol. The van der Waals surface area contributed by atoms with Gasteiger partial charge in [-0.3, -0.25) is 14.4 Å². The minimum absolute atomic E-state index is 0.0304.